The number of carbonyl (C=O) groups excluding carboxylic acids is 1. The summed E-state index contributed by atoms with van der Waals surface area (Å²) in [5.41, 5.74) is 4.76. The van der Waals surface area contributed by atoms with Crippen molar-refractivity contribution in [1.82, 2.24) is 29.6 Å². The Morgan fingerprint density at radius 1 is 1.08 bits per heavy atom. The van der Waals surface area contributed by atoms with E-state index in [-0.39, 0.29) is 23.1 Å². The zero-order valence-electron chi connectivity index (χ0n) is 28.6. The van der Waals surface area contributed by atoms with Crippen molar-refractivity contribution in [3.8, 4) is 22.4 Å². The average molecular weight is 703 g/mol. The Labute approximate surface area is 291 Å². The van der Waals surface area contributed by atoms with E-state index in [2.05, 4.69) is 24.9 Å². The van der Waals surface area contributed by atoms with Gasteiger partial charge in [0.05, 0.1) is 24.3 Å². The average Bonchev–Trinajstić information content (AvgIpc) is 3.72. The Kier molecular flexibility index (Phi) is 11.1. The molecule has 1 saturated heterocycles. The summed E-state index contributed by atoms with van der Waals surface area (Å²) in [6, 6.07) is 19.2. The van der Waals surface area contributed by atoms with Crippen LogP contribution >= 0.6 is 0 Å². The van der Waals surface area contributed by atoms with Crippen molar-refractivity contribution >= 4 is 26.9 Å². The van der Waals surface area contributed by atoms with Crippen LogP contribution in [0.2, 0.25) is 0 Å². The van der Waals surface area contributed by atoms with E-state index in [0.717, 1.165) is 42.6 Å². The standard InChI is InChI=1S/C37H43FN6O5S/c1-25(2)23-49-37(45)36-35(32-20-29(38)10-13-33(32)40-36)34-22-44(42-41-34)21-26-14-17-43(18-15-26)19-16-39-50(46,47)30-11-8-27(9-12-30)31-7-5-4-6-28(31)24-48-3/h4-13,20,22,25-26,39-40H,14-19,21,23-24H2,1-3H3. The molecule has 11 nitrogen and oxygen atoms in total. The number of H-pyrrole nitrogens is 1. The summed E-state index contributed by atoms with van der Waals surface area (Å²) in [4.78, 5) is 18.6. The zero-order valence-corrected chi connectivity index (χ0v) is 29.4. The fraction of sp³-hybridized carbons (Fsp3) is 0.378. The number of nitrogens with one attached hydrogen (secondary N) is 2. The van der Waals surface area contributed by atoms with Crippen LogP contribution in [0.1, 0.15) is 42.7 Å². The first-order valence-corrected chi connectivity index (χ1v) is 18.4. The van der Waals surface area contributed by atoms with Gasteiger partial charge < -0.3 is 19.4 Å². The quantitative estimate of drug-likeness (QED) is 0.137. The number of carbonyl (C=O) groups is 1. The highest BCUT2D eigenvalue weighted by Crippen LogP contribution is 2.33. The van der Waals surface area contributed by atoms with Crippen molar-refractivity contribution in [2.24, 2.45) is 11.8 Å². The van der Waals surface area contributed by atoms with Crippen LogP contribution in [0.25, 0.3) is 33.3 Å². The van der Waals surface area contributed by atoms with Crippen LogP contribution in [-0.4, -0.2) is 79.2 Å². The molecule has 6 rings (SSSR count). The molecule has 0 aliphatic carbocycles. The van der Waals surface area contributed by atoms with Crippen LogP contribution in [0.5, 0.6) is 0 Å². The lowest BCUT2D eigenvalue weighted by Crippen LogP contribution is -2.40. The van der Waals surface area contributed by atoms with E-state index in [4.69, 9.17) is 9.47 Å². The highest BCUT2D eigenvalue weighted by atomic mass is 32.2. The number of aromatic nitrogens is 4. The molecule has 0 spiro atoms. The molecule has 1 fully saturated rings. The lowest BCUT2D eigenvalue weighted by Gasteiger charge is -2.31. The molecule has 0 atom stereocenters. The SMILES string of the molecule is COCc1ccccc1-c1ccc(S(=O)(=O)NCCN2CCC(Cn3cc(-c4c(C(=O)OCC(C)C)[nH]c5ccc(F)cc45)nn3)CC2)cc1. The van der Waals surface area contributed by atoms with E-state index < -0.39 is 21.8 Å². The van der Waals surface area contributed by atoms with Crippen LogP contribution in [0.4, 0.5) is 4.39 Å². The van der Waals surface area contributed by atoms with Crippen molar-refractivity contribution in [2.75, 3.05) is 39.9 Å². The molecule has 2 N–H and O–H groups in total. The lowest BCUT2D eigenvalue weighted by atomic mass is 9.97. The molecule has 1 aliphatic heterocycles. The van der Waals surface area contributed by atoms with Crippen LogP contribution in [0.15, 0.2) is 77.8 Å². The number of aromatic amines is 1. The molecule has 0 unspecified atom stereocenters. The number of sulfonamides is 1. The maximum Gasteiger partial charge on any atom is 0.355 e. The second-order valence-electron chi connectivity index (χ2n) is 13.2. The third-order valence-electron chi connectivity index (χ3n) is 8.97. The summed E-state index contributed by atoms with van der Waals surface area (Å²) >= 11 is 0. The molecule has 0 saturated carbocycles. The van der Waals surface area contributed by atoms with Gasteiger partial charge in [-0.25, -0.2) is 22.3 Å². The summed E-state index contributed by atoms with van der Waals surface area (Å²) in [6.07, 6.45) is 3.62. The maximum atomic E-state index is 14.2. The van der Waals surface area contributed by atoms with Crippen LogP contribution in [0, 0.1) is 17.7 Å². The summed E-state index contributed by atoms with van der Waals surface area (Å²) in [7, 11) is -2.00. The number of esters is 1. The predicted molar refractivity (Wildman–Crippen MR) is 189 cm³/mol. The molecule has 0 bridgehead atoms. The minimum Gasteiger partial charge on any atom is -0.461 e. The number of benzene rings is 3. The van der Waals surface area contributed by atoms with E-state index in [1.807, 2.05) is 50.2 Å². The molecule has 264 valence electrons. The number of hydrogen-bond acceptors (Lipinski definition) is 8. The Morgan fingerprint density at radius 2 is 1.84 bits per heavy atom. The number of hydrogen-bond donors (Lipinski definition) is 2. The Bertz CT molecular complexity index is 2030. The highest BCUT2D eigenvalue weighted by molar-refractivity contribution is 7.89. The first-order chi connectivity index (χ1) is 24.1. The van der Waals surface area contributed by atoms with Crippen LogP contribution in [0.3, 0.4) is 0 Å². The highest BCUT2D eigenvalue weighted by Gasteiger charge is 2.25. The number of ether oxygens (including phenoxy) is 2. The Hall–Kier alpha value is -4.43. The van der Waals surface area contributed by atoms with Gasteiger partial charge in [-0.15, -0.1) is 5.10 Å². The molecule has 13 heteroatoms. The van der Waals surface area contributed by atoms with Gasteiger partial charge in [-0.2, -0.15) is 0 Å². The first-order valence-electron chi connectivity index (χ1n) is 16.9. The number of piperidine rings is 1. The van der Waals surface area contributed by atoms with Gasteiger partial charge >= 0.3 is 5.97 Å². The van der Waals surface area contributed by atoms with Gasteiger partial charge in [0, 0.05) is 43.2 Å². The number of nitrogens with zero attached hydrogens (tertiary/aromatic N) is 4. The molecule has 0 radical (unpaired) electrons. The van der Waals surface area contributed by atoms with Crippen molar-refractivity contribution in [2.45, 2.75) is 44.7 Å². The molecule has 3 aromatic carbocycles. The van der Waals surface area contributed by atoms with Gasteiger partial charge in [-0.3, -0.25) is 4.68 Å². The lowest BCUT2D eigenvalue weighted by molar-refractivity contribution is 0.0454. The largest absolute Gasteiger partial charge is 0.461 e. The summed E-state index contributed by atoms with van der Waals surface area (Å²) in [5, 5.41) is 9.24. The second kappa shape index (κ2) is 15.6. The Morgan fingerprint density at radius 3 is 2.58 bits per heavy atom. The predicted octanol–water partition coefficient (Wildman–Crippen LogP) is 5.88. The minimum atomic E-state index is -3.65. The third-order valence-corrected chi connectivity index (χ3v) is 10.4. The number of methoxy groups -OCH3 is 1. The molecule has 50 heavy (non-hydrogen) atoms. The van der Waals surface area contributed by atoms with Crippen molar-refractivity contribution in [3.05, 3.63) is 90.0 Å². The number of likely N-dealkylation sites (tertiary alicyclic amines) is 1. The van der Waals surface area contributed by atoms with Gasteiger partial charge in [0.1, 0.15) is 17.2 Å². The van der Waals surface area contributed by atoms with Crippen LogP contribution in [-0.2, 0) is 32.6 Å². The van der Waals surface area contributed by atoms with E-state index in [1.54, 1.807) is 36.2 Å². The fourth-order valence-corrected chi connectivity index (χ4v) is 7.40. The van der Waals surface area contributed by atoms with E-state index in [0.29, 0.717) is 54.3 Å². The minimum absolute atomic E-state index is 0.167. The molecule has 1 aliphatic rings. The van der Waals surface area contributed by atoms with Gasteiger partial charge in [0.2, 0.25) is 10.0 Å². The van der Waals surface area contributed by atoms with Gasteiger partial charge in [-0.05, 0) is 84.8 Å². The van der Waals surface area contributed by atoms with E-state index in [1.165, 1.54) is 12.1 Å². The smallest absolute Gasteiger partial charge is 0.355 e. The molecular weight excluding hydrogens is 660 g/mol. The summed E-state index contributed by atoms with van der Waals surface area (Å²) in [6.45, 7) is 7.87. The van der Waals surface area contributed by atoms with Crippen LogP contribution < -0.4 is 4.72 Å². The van der Waals surface area contributed by atoms with Crippen molar-refractivity contribution < 1.29 is 27.1 Å². The topological polar surface area (TPSA) is 131 Å². The third kappa shape index (κ3) is 8.29. The molecule has 3 heterocycles. The second-order valence-corrected chi connectivity index (χ2v) is 14.9. The molecular formula is C37H43FN6O5S. The van der Waals surface area contributed by atoms with Crippen molar-refractivity contribution in [3.63, 3.8) is 0 Å². The maximum absolute atomic E-state index is 14.2. The summed E-state index contributed by atoms with van der Waals surface area (Å²) in [5.74, 6) is -0.422. The molecule has 0 amide bonds. The molecule has 2 aromatic heterocycles. The number of fused-ring (bicyclic) bond motifs is 1. The van der Waals surface area contributed by atoms with E-state index in [9.17, 15) is 17.6 Å². The summed E-state index contributed by atoms with van der Waals surface area (Å²) < 4.78 is 55.6. The van der Waals surface area contributed by atoms with Gasteiger partial charge in [0.15, 0.2) is 0 Å². The zero-order chi connectivity index (χ0) is 35.3. The number of halogens is 1. The van der Waals surface area contributed by atoms with E-state index >= 15 is 0 Å². The normalized spacial score (nSPS) is 14.5. The fourth-order valence-electron chi connectivity index (χ4n) is 6.38. The van der Waals surface area contributed by atoms with Gasteiger partial charge in [0.25, 0.3) is 0 Å². The van der Waals surface area contributed by atoms with Crippen molar-refractivity contribution in [1.29, 1.82) is 0 Å². The monoisotopic (exact) mass is 702 g/mol. The van der Waals surface area contributed by atoms with Gasteiger partial charge in [-0.1, -0.05) is 55.5 Å². The Balaban J connectivity index is 1.01. The molecule has 5 aromatic rings. The first kappa shape index (κ1) is 35.4. The number of rotatable bonds is 14.